The van der Waals surface area contributed by atoms with Crippen LogP contribution in [0.5, 0.6) is 0 Å². The summed E-state index contributed by atoms with van der Waals surface area (Å²) in [5, 5.41) is -0.291. The Morgan fingerprint density at radius 2 is 1.55 bits per heavy atom. The van der Waals surface area contributed by atoms with E-state index in [0.717, 1.165) is 0 Å². The van der Waals surface area contributed by atoms with Crippen molar-refractivity contribution in [2.75, 3.05) is 0 Å². The van der Waals surface area contributed by atoms with Crippen LogP contribution in [0.1, 0.15) is 27.7 Å². The summed E-state index contributed by atoms with van der Waals surface area (Å²) in [4.78, 5) is 22.3. The summed E-state index contributed by atoms with van der Waals surface area (Å²) in [6.45, 7) is 7.46. The molecule has 3 heteroatoms. The molecule has 0 aliphatic carbocycles. The number of carbonyl (C=O) groups excluding carboxylic acids is 2. The second-order valence-corrected chi connectivity index (χ2v) is 4.18. The van der Waals surface area contributed by atoms with Crippen LogP contribution in [0.2, 0.25) is 5.31 Å². The van der Waals surface area contributed by atoms with Crippen molar-refractivity contribution in [2.24, 2.45) is 5.41 Å². The third-order valence-electron chi connectivity index (χ3n) is 2.89. The second-order valence-electron chi connectivity index (χ2n) is 4.18. The molecule has 1 aliphatic rings. The first-order valence-electron chi connectivity index (χ1n) is 3.74. The van der Waals surface area contributed by atoms with Gasteiger partial charge < -0.3 is 4.79 Å². The molecule has 0 aromatic rings. The lowest BCUT2D eigenvalue weighted by molar-refractivity contribution is -0.136. The zero-order chi connectivity index (χ0) is 8.86. The van der Waals surface area contributed by atoms with Crippen molar-refractivity contribution in [3.8, 4) is 0 Å². The molecule has 0 N–H and O–H groups in total. The Morgan fingerprint density at radius 1 is 1.09 bits per heavy atom. The summed E-state index contributed by atoms with van der Waals surface area (Å²) in [7, 11) is 1.52. The van der Waals surface area contributed by atoms with Crippen molar-refractivity contribution in [3.63, 3.8) is 0 Å². The topological polar surface area (TPSA) is 34.1 Å². The number of ketones is 1. The van der Waals surface area contributed by atoms with E-state index in [1.54, 1.807) is 0 Å². The maximum Gasteiger partial charge on any atom is 0.221 e. The fraction of sp³-hybridized carbons (Fsp3) is 0.750. The Kier molecular flexibility index (Phi) is 1.52. The van der Waals surface area contributed by atoms with E-state index in [4.69, 9.17) is 0 Å². The normalized spacial score (nSPS) is 26.9. The molecule has 0 saturated carbocycles. The van der Waals surface area contributed by atoms with Gasteiger partial charge in [-0.1, -0.05) is 27.7 Å². The molecule has 1 aliphatic heterocycles. The smallest absolute Gasteiger partial charge is 0.221 e. The molecule has 0 amide bonds. The highest BCUT2D eigenvalue weighted by atomic mass is 16.2. The Labute approximate surface area is 67.6 Å². The number of rotatable bonds is 0. The van der Waals surface area contributed by atoms with Crippen molar-refractivity contribution in [1.29, 1.82) is 0 Å². The third-order valence-corrected chi connectivity index (χ3v) is 2.89. The van der Waals surface area contributed by atoms with E-state index >= 15 is 0 Å². The van der Waals surface area contributed by atoms with E-state index in [1.165, 1.54) is 7.28 Å². The van der Waals surface area contributed by atoms with Gasteiger partial charge in [0.05, 0.1) is 0 Å². The highest BCUT2D eigenvalue weighted by Crippen LogP contribution is 2.49. The lowest BCUT2D eigenvalue weighted by Gasteiger charge is -2.31. The summed E-state index contributed by atoms with van der Waals surface area (Å²) in [6, 6.07) is 0. The lowest BCUT2D eigenvalue weighted by Crippen LogP contribution is -2.28. The Balaban J connectivity index is 3.12. The van der Waals surface area contributed by atoms with E-state index in [-0.39, 0.29) is 16.8 Å². The summed E-state index contributed by atoms with van der Waals surface area (Å²) < 4.78 is 0. The van der Waals surface area contributed by atoms with Crippen molar-refractivity contribution in [2.45, 2.75) is 33.0 Å². The van der Waals surface area contributed by atoms with E-state index in [1.807, 2.05) is 27.7 Å². The molecule has 0 aromatic carbocycles. The fourth-order valence-corrected chi connectivity index (χ4v) is 1.17. The molecular weight excluding hydrogens is 139 g/mol. The van der Waals surface area contributed by atoms with Crippen LogP contribution in [0.25, 0.3) is 0 Å². The number of hydrogen-bond donors (Lipinski definition) is 0. The molecule has 1 saturated heterocycles. The summed E-state index contributed by atoms with van der Waals surface area (Å²) >= 11 is 0. The quantitative estimate of drug-likeness (QED) is 0.382. The molecule has 1 rings (SSSR count). The number of Topliss-reactive ketones (excluding diaryl/α,β-unsaturated/α-hetero) is 1. The van der Waals surface area contributed by atoms with E-state index < -0.39 is 5.41 Å². The standard InChI is InChI=1S/C8H12BO2/c1-7(2)5(10)6(11)9-8(7,3)4/h1-4H3. The Bertz CT molecular complexity index is 228. The van der Waals surface area contributed by atoms with E-state index in [2.05, 4.69) is 0 Å². The van der Waals surface area contributed by atoms with Gasteiger partial charge in [0.1, 0.15) is 5.68 Å². The van der Waals surface area contributed by atoms with Crippen LogP contribution < -0.4 is 0 Å². The van der Waals surface area contributed by atoms with Crippen LogP contribution in [0.15, 0.2) is 0 Å². The highest BCUT2D eigenvalue weighted by Gasteiger charge is 2.53. The minimum absolute atomic E-state index is 0.262. The molecule has 0 atom stereocenters. The van der Waals surface area contributed by atoms with Crippen LogP contribution in [0, 0.1) is 5.41 Å². The maximum atomic E-state index is 11.3. The number of hydrogen-bond acceptors (Lipinski definition) is 2. The molecule has 0 spiro atoms. The lowest BCUT2D eigenvalue weighted by atomic mass is 9.50. The van der Waals surface area contributed by atoms with Crippen molar-refractivity contribution in [3.05, 3.63) is 0 Å². The SMILES string of the molecule is CC1(C)[B]C(=O)C(=O)C1(C)C. The zero-order valence-electron chi connectivity index (χ0n) is 7.39. The molecule has 11 heavy (non-hydrogen) atoms. The molecule has 1 radical (unpaired) electrons. The number of carbonyl (C=O) groups is 2. The molecule has 2 nitrogen and oxygen atoms in total. The van der Waals surface area contributed by atoms with Gasteiger partial charge in [-0.05, 0) is 5.31 Å². The Morgan fingerprint density at radius 3 is 1.64 bits per heavy atom. The minimum atomic E-state index is -0.524. The van der Waals surface area contributed by atoms with Gasteiger partial charge in [-0.25, -0.2) is 0 Å². The van der Waals surface area contributed by atoms with Gasteiger partial charge in [0.2, 0.25) is 7.28 Å². The molecule has 1 fully saturated rings. The van der Waals surface area contributed by atoms with Crippen LogP contribution in [0.4, 0.5) is 0 Å². The van der Waals surface area contributed by atoms with Crippen LogP contribution in [0.3, 0.4) is 0 Å². The van der Waals surface area contributed by atoms with Gasteiger partial charge in [0, 0.05) is 5.41 Å². The van der Waals surface area contributed by atoms with E-state index in [9.17, 15) is 9.59 Å². The average Bonchev–Trinajstić information content (AvgIpc) is 1.93. The van der Waals surface area contributed by atoms with Crippen molar-refractivity contribution < 1.29 is 9.59 Å². The van der Waals surface area contributed by atoms with E-state index in [0.29, 0.717) is 0 Å². The maximum absolute atomic E-state index is 11.3. The van der Waals surface area contributed by atoms with Crippen molar-refractivity contribution >= 4 is 18.7 Å². The first kappa shape index (κ1) is 8.50. The Hall–Kier alpha value is -0.595. The summed E-state index contributed by atoms with van der Waals surface area (Å²) in [6.07, 6.45) is 0. The van der Waals surface area contributed by atoms with Gasteiger partial charge in [-0.15, -0.1) is 0 Å². The predicted molar refractivity (Wildman–Crippen MR) is 43.6 cm³/mol. The average molecular weight is 151 g/mol. The highest BCUT2D eigenvalue weighted by molar-refractivity contribution is 6.93. The summed E-state index contributed by atoms with van der Waals surface area (Å²) in [5.74, 6) is -0.262. The monoisotopic (exact) mass is 151 g/mol. The molecule has 0 bridgehead atoms. The summed E-state index contributed by atoms with van der Waals surface area (Å²) in [5.41, 5.74) is -0.857. The second kappa shape index (κ2) is 1.96. The van der Waals surface area contributed by atoms with Gasteiger partial charge in [-0.3, -0.25) is 4.79 Å². The first-order valence-corrected chi connectivity index (χ1v) is 3.74. The van der Waals surface area contributed by atoms with Crippen molar-refractivity contribution in [1.82, 2.24) is 0 Å². The van der Waals surface area contributed by atoms with Gasteiger partial charge >= 0.3 is 0 Å². The fourth-order valence-electron chi connectivity index (χ4n) is 1.17. The largest absolute Gasteiger partial charge is 0.303 e. The molecular formula is C8H12BO2. The van der Waals surface area contributed by atoms with Crippen LogP contribution >= 0.6 is 0 Å². The van der Waals surface area contributed by atoms with Crippen LogP contribution in [-0.4, -0.2) is 18.7 Å². The van der Waals surface area contributed by atoms with Gasteiger partial charge in [-0.2, -0.15) is 0 Å². The predicted octanol–water partition coefficient (Wildman–Crippen LogP) is 1.02. The van der Waals surface area contributed by atoms with Gasteiger partial charge in [0.15, 0.2) is 5.78 Å². The molecule has 0 unspecified atom stereocenters. The first-order chi connectivity index (χ1) is 4.79. The minimum Gasteiger partial charge on any atom is -0.303 e. The van der Waals surface area contributed by atoms with Gasteiger partial charge in [0.25, 0.3) is 0 Å². The van der Waals surface area contributed by atoms with Crippen LogP contribution in [-0.2, 0) is 9.59 Å². The molecule has 1 heterocycles. The zero-order valence-corrected chi connectivity index (χ0v) is 7.39. The molecule has 59 valence electrons. The third kappa shape index (κ3) is 0.941. The molecule has 0 aromatic heterocycles.